The van der Waals surface area contributed by atoms with Gasteiger partial charge in [-0.2, -0.15) is 15.2 Å². The van der Waals surface area contributed by atoms with E-state index in [4.69, 9.17) is 24.2 Å². The summed E-state index contributed by atoms with van der Waals surface area (Å²) in [5.41, 5.74) is 2.41. The van der Waals surface area contributed by atoms with Crippen molar-refractivity contribution in [1.82, 2.24) is 19.8 Å². The van der Waals surface area contributed by atoms with E-state index in [0.717, 1.165) is 29.3 Å². The Morgan fingerprint density at radius 2 is 1.82 bits per heavy atom. The zero-order chi connectivity index (χ0) is 34.7. The van der Waals surface area contributed by atoms with Gasteiger partial charge in [-0.15, -0.1) is 0 Å². The van der Waals surface area contributed by atoms with Crippen LogP contribution in [-0.4, -0.2) is 102 Å². The Morgan fingerprint density at radius 3 is 2.57 bits per heavy atom. The van der Waals surface area contributed by atoms with E-state index in [1.807, 2.05) is 26.8 Å². The first-order chi connectivity index (χ1) is 23.6. The number of ether oxygens (including phenoxy) is 3. The number of anilines is 2. The minimum Gasteiger partial charge on any atom is -0.461 e. The summed E-state index contributed by atoms with van der Waals surface area (Å²) in [6.07, 6.45) is 2.27. The van der Waals surface area contributed by atoms with Gasteiger partial charge in [0, 0.05) is 49.9 Å². The summed E-state index contributed by atoms with van der Waals surface area (Å²) in [7, 11) is 1.64. The number of likely N-dealkylation sites (tertiary alicyclic amines) is 1. The second kappa shape index (κ2) is 14.3. The monoisotopic (exact) mass is 667 g/mol. The summed E-state index contributed by atoms with van der Waals surface area (Å²) >= 11 is 0. The number of aromatic nitrogens is 2. The average molecular weight is 668 g/mol. The predicted molar refractivity (Wildman–Crippen MR) is 187 cm³/mol. The quantitative estimate of drug-likeness (QED) is 0.312. The van der Waals surface area contributed by atoms with Crippen LogP contribution in [0.15, 0.2) is 55.1 Å². The molecule has 2 saturated heterocycles. The van der Waals surface area contributed by atoms with Gasteiger partial charge in [-0.3, -0.25) is 9.69 Å². The molecule has 49 heavy (non-hydrogen) atoms. The van der Waals surface area contributed by atoms with Crippen LogP contribution in [0.2, 0.25) is 0 Å². The summed E-state index contributed by atoms with van der Waals surface area (Å²) < 4.78 is 17.7. The largest absolute Gasteiger partial charge is 0.461 e. The first-order valence-electron chi connectivity index (χ1n) is 16.9. The van der Waals surface area contributed by atoms with Crippen LogP contribution in [0.5, 0.6) is 6.01 Å². The molecule has 1 unspecified atom stereocenters. The second-order valence-corrected chi connectivity index (χ2v) is 13.8. The van der Waals surface area contributed by atoms with E-state index >= 15 is 0 Å². The van der Waals surface area contributed by atoms with Gasteiger partial charge in [0.2, 0.25) is 5.91 Å². The van der Waals surface area contributed by atoms with E-state index in [-0.39, 0.29) is 43.1 Å². The zero-order valence-electron chi connectivity index (χ0n) is 28.8. The Kier molecular flexibility index (Phi) is 9.92. The average Bonchev–Trinajstić information content (AvgIpc) is 3.53. The highest BCUT2D eigenvalue weighted by Gasteiger charge is 2.39. The number of piperazine rings is 1. The van der Waals surface area contributed by atoms with Crippen LogP contribution in [0.4, 0.5) is 16.3 Å². The molecule has 0 saturated carbocycles. The van der Waals surface area contributed by atoms with Crippen LogP contribution < -0.4 is 14.5 Å². The molecule has 3 aliphatic rings. The summed E-state index contributed by atoms with van der Waals surface area (Å²) in [5.74, 6) is 0.580. The number of amides is 2. The summed E-state index contributed by atoms with van der Waals surface area (Å²) in [6, 6.07) is 16.6. The molecule has 1 aromatic heterocycles. The third kappa shape index (κ3) is 7.42. The smallest absolute Gasteiger partial charge is 0.410 e. The van der Waals surface area contributed by atoms with Gasteiger partial charge in [-0.1, -0.05) is 43.0 Å². The number of hydrogen-bond donors (Lipinski definition) is 0. The number of methoxy groups -OCH3 is 1. The van der Waals surface area contributed by atoms with Gasteiger partial charge in [0.05, 0.1) is 49.5 Å². The van der Waals surface area contributed by atoms with Gasteiger partial charge < -0.3 is 28.9 Å². The molecule has 2 fully saturated rings. The molecule has 6 rings (SSSR count). The summed E-state index contributed by atoms with van der Waals surface area (Å²) in [4.78, 5) is 43.6. The number of rotatable bonds is 8. The molecule has 0 aliphatic carbocycles. The Labute approximate surface area is 287 Å². The topological polar surface area (TPSA) is 124 Å². The standard InChI is InChI=1S/C37H45N7O5/c1-6-33(45)43-19-18-42(21-26(43)14-16-38)34-30-15-17-41(32-13-9-11-25-10-7-8-12-29(25)32)23-31(30)39-35(40-34)48-24-27-20-28(47-5)22-44(27)36(46)49-37(2,3)4/h6-13,26-28H,1,14-15,17-24H2,2-5H3/t26?,27-,28+/m0/s1. The number of nitriles is 1. The highest BCUT2D eigenvalue weighted by Crippen LogP contribution is 2.35. The van der Waals surface area contributed by atoms with Gasteiger partial charge in [0.25, 0.3) is 0 Å². The van der Waals surface area contributed by atoms with Crippen molar-refractivity contribution in [3.05, 3.63) is 66.4 Å². The molecule has 12 nitrogen and oxygen atoms in total. The highest BCUT2D eigenvalue weighted by atomic mass is 16.6. The number of hydrogen-bond acceptors (Lipinski definition) is 10. The molecular weight excluding hydrogens is 622 g/mol. The van der Waals surface area contributed by atoms with E-state index in [1.165, 1.54) is 16.8 Å². The molecule has 12 heteroatoms. The molecule has 3 aliphatic heterocycles. The lowest BCUT2D eigenvalue weighted by Crippen LogP contribution is -2.55. The fourth-order valence-corrected chi connectivity index (χ4v) is 7.06. The molecule has 4 heterocycles. The molecular formula is C37H45N7O5. The molecule has 0 radical (unpaired) electrons. The van der Waals surface area contributed by atoms with Crippen molar-refractivity contribution in [2.75, 3.05) is 56.2 Å². The Morgan fingerprint density at radius 1 is 1.02 bits per heavy atom. The summed E-state index contributed by atoms with van der Waals surface area (Å²) in [6.45, 7) is 12.5. The van der Waals surface area contributed by atoms with E-state index in [0.29, 0.717) is 45.6 Å². The lowest BCUT2D eigenvalue weighted by atomic mass is 10.0. The molecule has 0 spiro atoms. The third-order valence-electron chi connectivity index (χ3n) is 9.44. The van der Waals surface area contributed by atoms with E-state index in [1.54, 1.807) is 16.9 Å². The maximum atomic E-state index is 13.1. The van der Waals surface area contributed by atoms with Crippen LogP contribution in [0.1, 0.15) is 44.9 Å². The van der Waals surface area contributed by atoms with Crippen molar-refractivity contribution in [1.29, 1.82) is 5.26 Å². The molecule has 258 valence electrons. The SMILES string of the molecule is C=CC(=O)N1CCN(c2nc(OC[C@@H]3C[C@@H](OC)CN3C(=O)OC(C)(C)C)nc3c2CCN(c2cccc4ccccc24)C3)CC1CC#N. The molecule has 3 aromatic rings. The Hall–Kier alpha value is -4.89. The predicted octanol–water partition coefficient (Wildman–Crippen LogP) is 4.71. The first kappa shape index (κ1) is 34.0. The number of carbonyl (C=O) groups is 2. The number of nitrogens with zero attached hydrogens (tertiary/aromatic N) is 7. The van der Waals surface area contributed by atoms with Gasteiger partial charge in [0.1, 0.15) is 18.0 Å². The van der Waals surface area contributed by atoms with Crippen molar-refractivity contribution in [3.8, 4) is 12.1 Å². The number of fused-ring (bicyclic) bond motifs is 2. The van der Waals surface area contributed by atoms with Crippen LogP contribution in [0.3, 0.4) is 0 Å². The highest BCUT2D eigenvalue weighted by molar-refractivity contribution is 5.94. The summed E-state index contributed by atoms with van der Waals surface area (Å²) in [5, 5.41) is 12.0. The van der Waals surface area contributed by atoms with Gasteiger partial charge in [-0.25, -0.2) is 4.79 Å². The van der Waals surface area contributed by atoms with E-state index in [9.17, 15) is 14.9 Å². The normalized spacial score (nSPS) is 20.9. The molecule has 2 amide bonds. The maximum absolute atomic E-state index is 13.1. The minimum atomic E-state index is -0.635. The number of benzene rings is 2. The van der Waals surface area contributed by atoms with Crippen molar-refractivity contribution >= 4 is 34.3 Å². The molecule has 2 aromatic carbocycles. The van der Waals surface area contributed by atoms with Crippen LogP contribution in [0.25, 0.3) is 10.8 Å². The van der Waals surface area contributed by atoms with Gasteiger partial charge in [-0.05, 0) is 51.1 Å². The molecule has 0 bridgehead atoms. The first-order valence-corrected chi connectivity index (χ1v) is 16.9. The Bertz CT molecular complexity index is 1750. The fourth-order valence-electron chi connectivity index (χ4n) is 7.06. The lowest BCUT2D eigenvalue weighted by Gasteiger charge is -2.42. The zero-order valence-corrected chi connectivity index (χ0v) is 28.8. The Balaban J connectivity index is 1.31. The van der Waals surface area contributed by atoms with Crippen LogP contribution in [-0.2, 0) is 27.2 Å². The van der Waals surface area contributed by atoms with Crippen molar-refractivity contribution in [2.24, 2.45) is 0 Å². The van der Waals surface area contributed by atoms with Crippen molar-refractivity contribution < 1.29 is 23.8 Å². The maximum Gasteiger partial charge on any atom is 0.410 e. The van der Waals surface area contributed by atoms with E-state index in [2.05, 4.69) is 58.8 Å². The minimum absolute atomic E-state index is 0.137. The van der Waals surface area contributed by atoms with Crippen molar-refractivity contribution in [2.45, 2.75) is 70.4 Å². The molecule has 3 atom stereocenters. The third-order valence-corrected chi connectivity index (χ3v) is 9.44. The van der Waals surface area contributed by atoms with Crippen molar-refractivity contribution in [3.63, 3.8) is 0 Å². The fraction of sp³-hybridized carbons (Fsp3) is 0.486. The van der Waals surface area contributed by atoms with Crippen LogP contribution >= 0.6 is 0 Å². The lowest BCUT2D eigenvalue weighted by molar-refractivity contribution is -0.128. The molecule has 0 N–H and O–H groups in total. The number of carbonyl (C=O) groups excluding carboxylic acids is 2. The van der Waals surface area contributed by atoms with E-state index < -0.39 is 11.7 Å². The second-order valence-electron chi connectivity index (χ2n) is 13.8. The van der Waals surface area contributed by atoms with Crippen LogP contribution in [0, 0.1) is 11.3 Å². The van der Waals surface area contributed by atoms with Gasteiger partial charge >= 0.3 is 12.1 Å². The van der Waals surface area contributed by atoms with Gasteiger partial charge in [0.15, 0.2) is 0 Å².